The minimum absolute atomic E-state index is 0.0409. The summed E-state index contributed by atoms with van der Waals surface area (Å²) < 4.78 is 45.1. The van der Waals surface area contributed by atoms with Gasteiger partial charge < -0.3 is 9.47 Å². The van der Waals surface area contributed by atoms with E-state index in [4.69, 9.17) is 11.6 Å². The van der Waals surface area contributed by atoms with Gasteiger partial charge in [-0.15, -0.1) is 0 Å². The number of nitrogens with one attached hydrogen (secondary N) is 1. The lowest BCUT2D eigenvalue weighted by Gasteiger charge is -2.18. The highest BCUT2D eigenvalue weighted by molar-refractivity contribution is 7.89. The minimum atomic E-state index is -3.97. The zero-order chi connectivity index (χ0) is 24.0. The van der Waals surface area contributed by atoms with Crippen LogP contribution in [0.2, 0.25) is 5.02 Å². The molecular formula is C24H20ClFN4O3S. The first-order chi connectivity index (χ1) is 16.2. The van der Waals surface area contributed by atoms with Crippen molar-refractivity contribution in [2.45, 2.75) is 17.4 Å². The molecule has 2 heterocycles. The largest absolute Gasteiger partial charge is 0.334 e. The summed E-state index contributed by atoms with van der Waals surface area (Å²) in [4.78, 5) is 18.5. The standard InChI is InChI=1S/C24H20ClFN4O3S/c1-29-11-9-27-23(29)17-4-7-22(20(26)14-17)30-10-8-21(24(30)31)28-34(32,33)19-6-3-15-12-18(25)5-2-16(15)13-19/h2-7,9,11-14,21,28H,8,10H2,1H3. The van der Waals surface area contributed by atoms with Gasteiger partial charge >= 0.3 is 0 Å². The van der Waals surface area contributed by atoms with E-state index in [1.165, 1.54) is 29.2 Å². The number of anilines is 1. The monoisotopic (exact) mass is 498 g/mol. The highest BCUT2D eigenvalue weighted by Gasteiger charge is 2.36. The van der Waals surface area contributed by atoms with Crippen LogP contribution in [0.1, 0.15) is 6.42 Å². The van der Waals surface area contributed by atoms with Crippen molar-refractivity contribution in [3.05, 3.63) is 77.8 Å². The van der Waals surface area contributed by atoms with Gasteiger partial charge in [-0.05, 0) is 59.7 Å². The maximum absolute atomic E-state index is 14.9. The van der Waals surface area contributed by atoms with E-state index in [2.05, 4.69) is 9.71 Å². The van der Waals surface area contributed by atoms with E-state index in [9.17, 15) is 17.6 Å². The number of rotatable bonds is 5. The van der Waals surface area contributed by atoms with Gasteiger partial charge in [0.1, 0.15) is 17.7 Å². The molecule has 1 saturated heterocycles. The molecule has 1 aromatic heterocycles. The number of aryl methyl sites for hydroxylation is 1. The van der Waals surface area contributed by atoms with Crippen molar-refractivity contribution in [1.82, 2.24) is 14.3 Å². The Hall–Kier alpha value is -3.27. The number of benzene rings is 3. The van der Waals surface area contributed by atoms with Crippen molar-refractivity contribution >= 4 is 44.0 Å². The van der Waals surface area contributed by atoms with Crippen LogP contribution in [0.4, 0.5) is 10.1 Å². The van der Waals surface area contributed by atoms with Crippen LogP contribution in [0.5, 0.6) is 0 Å². The molecule has 0 radical (unpaired) electrons. The van der Waals surface area contributed by atoms with Crippen LogP contribution >= 0.6 is 11.6 Å². The van der Waals surface area contributed by atoms with Crippen LogP contribution in [-0.4, -0.2) is 36.5 Å². The lowest BCUT2D eigenvalue weighted by atomic mass is 10.1. The second-order valence-electron chi connectivity index (χ2n) is 8.13. The quantitative estimate of drug-likeness (QED) is 0.448. The number of hydrogen-bond donors (Lipinski definition) is 1. The second-order valence-corrected chi connectivity index (χ2v) is 10.3. The summed E-state index contributed by atoms with van der Waals surface area (Å²) in [5, 5.41) is 2.07. The number of carbonyl (C=O) groups is 1. The summed E-state index contributed by atoms with van der Waals surface area (Å²) >= 11 is 5.99. The van der Waals surface area contributed by atoms with E-state index < -0.39 is 27.8 Å². The predicted molar refractivity (Wildman–Crippen MR) is 129 cm³/mol. The van der Waals surface area contributed by atoms with Crippen LogP contribution in [0.25, 0.3) is 22.2 Å². The lowest BCUT2D eigenvalue weighted by Crippen LogP contribution is -2.41. The predicted octanol–water partition coefficient (Wildman–Crippen LogP) is 4.12. The van der Waals surface area contributed by atoms with E-state index in [1.807, 2.05) is 0 Å². The molecule has 1 unspecified atom stereocenters. The Balaban J connectivity index is 1.36. The number of halogens is 2. The first-order valence-corrected chi connectivity index (χ1v) is 12.4. The first-order valence-electron chi connectivity index (χ1n) is 10.5. The van der Waals surface area contributed by atoms with Gasteiger partial charge in [-0.3, -0.25) is 4.79 Å². The zero-order valence-corrected chi connectivity index (χ0v) is 19.6. The SMILES string of the molecule is Cn1ccnc1-c1ccc(N2CCC(NS(=O)(=O)c3ccc4cc(Cl)ccc4c3)C2=O)c(F)c1. The van der Waals surface area contributed by atoms with Crippen LogP contribution < -0.4 is 9.62 Å². The van der Waals surface area contributed by atoms with Crippen molar-refractivity contribution in [1.29, 1.82) is 0 Å². The van der Waals surface area contributed by atoms with Crippen molar-refractivity contribution in [3.63, 3.8) is 0 Å². The van der Waals surface area contributed by atoms with E-state index in [0.29, 0.717) is 21.8 Å². The third-order valence-electron chi connectivity index (χ3n) is 5.90. The third-order valence-corrected chi connectivity index (χ3v) is 7.61. The van der Waals surface area contributed by atoms with Gasteiger partial charge in [0.15, 0.2) is 0 Å². The number of aromatic nitrogens is 2. The Morgan fingerprint density at radius 2 is 1.85 bits per heavy atom. The van der Waals surface area contributed by atoms with Crippen molar-refractivity contribution in [2.24, 2.45) is 7.05 Å². The van der Waals surface area contributed by atoms with Gasteiger partial charge in [0, 0.05) is 36.6 Å². The number of nitrogens with zero attached hydrogens (tertiary/aromatic N) is 3. The molecule has 0 aliphatic carbocycles. The van der Waals surface area contributed by atoms with Crippen molar-refractivity contribution in [3.8, 4) is 11.4 Å². The summed E-state index contributed by atoms with van der Waals surface area (Å²) in [6.45, 7) is 0.195. The Kier molecular flexibility index (Phi) is 5.63. The highest BCUT2D eigenvalue weighted by Crippen LogP contribution is 2.29. The Labute approximate surface area is 200 Å². The van der Waals surface area contributed by atoms with Gasteiger partial charge in [0.2, 0.25) is 15.9 Å². The maximum atomic E-state index is 14.9. The molecule has 0 saturated carbocycles. The number of carbonyl (C=O) groups excluding carboxylic acids is 1. The third kappa shape index (κ3) is 4.06. The molecule has 1 N–H and O–H groups in total. The zero-order valence-electron chi connectivity index (χ0n) is 18.1. The fraction of sp³-hybridized carbons (Fsp3) is 0.167. The molecule has 1 atom stereocenters. The molecule has 1 aliphatic heterocycles. The minimum Gasteiger partial charge on any atom is -0.334 e. The molecule has 1 aliphatic rings. The highest BCUT2D eigenvalue weighted by atomic mass is 35.5. The summed E-state index contributed by atoms with van der Waals surface area (Å²) in [5.74, 6) is -0.480. The Bertz CT molecular complexity index is 1540. The average molecular weight is 499 g/mol. The van der Waals surface area contributed by atoms with E-state index in [-0.39, 0.29) is 23.5 Å². The summed E-state index contributed by atoms with van der Waals surface area (Å²) in [6.07, 6.45) is 3.60. The molecule has 4 aromatic rings. The van der Waals surface area contributed by atoms with Gasteiger partial charge in [-0.2, -0.15) is 4.72 Å². The number of hydrogen-bond acceptors (Lipinski definition) is 4. The molecule has 174 valence electrons. The van der Waals surface area contributed by atoms with Crippen LogP contribution in [-0.2, 0) is 21.9 Å². The van der Waals surface area contributed by atoms with E-state index in [1.54, 1.807) is 54.3 Å². The fourth-order valence-corrected chi connectivity index (χ4v) is 5.59. The summed E-state index contributed by atoms with van der Waals surface area (Å²) in [6, 6.07) is 13.4. The average Bonchev–Trinajstić information content (AvgIpc) is 3.38. The van der Waals surface area contributed by atoms with Gasteiger partial charge in [-0.1, -0.05) is 23.7 Å². The molecule has 0 spiro atoms. The van der Waals surface area contributed by atoms with Gasteiger partial charge in [0.25, 0.3) is 0 Å². The van der Waals surface area contributed by atoms with Crippen molar-refractivity contribution in [2.75, 3.05) is 11.4 Å². The van der Waals surface area contributed by atoms with Crippen LogP contribution in [0, 0.1) is 5.82 Å². The Morgan fingerprint density at radius 1 is 1.09 bits per heavy atom. The van der Waals surface area contributed by atoms with Crippen molar-refractivity contribution < 1.29 is 17.6 Å². The molecule has 7 nitrogen and oxygen atoms in total. The van der Waals surface area contributed by atoms with Crippen LogP contribution in [0.3, 0.4) is 0 Å². The van der Waals surface area contributed by atoms with E-state index >= 15 is 0 Å². The summed E-state index contributed by atoms with van der Waals surface area (Å²) in [7, 11) is -2.17. The van der Waals surface area contributed by atoms with E-state index in [0.717, 1.165) is 5.39 Å². The fourth-order valence-electron chi connectivity index (χ4n) is 4.15. The molecule has 5 rings (SSSR count). The molecule has 10 heteroatoms. The number of amides is 1. The smallest absolute Gasteiger partial charge is 0.245 e. The molecule has 34 heavy (non-hydrogen) atoms. The maximum Gasteiger partial charge on any atom is 0.245 e. The topological polar surface area (TPSA) is 84.3 Å². The Morgan fingerprint density at radius 3 is 2.59 bits per heavy atom. The van der Waals surface area contributed by atoms with Crippen LogP contribution in [0.15, 0.2) is 71.9 Å². The number of sulfonamides is 1. The van der Waals surface area contributed by atoms with Gasteiger partial charge in [0.05, 0.1) is 10.6 Å². The molecule has 3 aromatic carbocycles. The molecule has 1 amide bonds. The number of fused-ring (bicyclic) bond motifs is 1. The molecular weight excluding hydrogens is 479 g/mol. The first kappa shape index (κ1) is 22.5. The normalized spacial score (nSPS) is 16.5. The second kappa shape index (κ2) is 8.50. The summed E-state index contributed by atoms with van der Waals surface area (Å²) in [5.41, 5.74) is 0.683. The lowest BCUT2D eigenvalue weighted by molar-refractivity contribution is -0.118. The number of imidazole rings is 1. The molecule has 1 fully saturated rings. The van der Waals surface area contributed by atoms with Gasteiger partial charge in [-0.25, -0.2) is 17.8 Å². The molecule has 0 bridgehead atoms.